The molecule has 142 valence electrons. The Bertz CT molecular complexity index is 662. The first-order valence-electron chi connectivity index (χ1n) is 9.52. The lowest BCUT2D eigenvalue weighted by atomic mass is 9.78. The molecule has 1 N–H and O–H groups in total. The quantitative estimate of drug-likeness (QED) is 0.778. The number of hydrogen-bond donors (Lipinski definition) is 1. The van der Waals surface area contributed by atoms with Crippen LogP contribution >= 0.6 is 0 Å². The van der Waals surface area contributed by atoms with Crippen molar-refractivity contribution in [3.8, 4) is 11.8 Å². The molecule has 2 atom stereocenters. The Morgan fingerprint density at radius 1 is 1.46 bits per heavy atom. The molecule has 0 bridgehead atoms. The van der Waals surface area contributed by atoms with Gasteiger partial charge in [-0.1, -0.05) is 27.2 Å². The number of nitrogens with zero attached hydrogens (tertiary/aromatic N) is 1. The molecule has 0 spiro atoms. The highest BCUT2D eigenvalue weighted by atomic mass is 16.5. The van der Waals surface area contributed by atoms with Gasteiger partial charge in [0.25, 0.3) is 5.91 Å². The summed E-state index contributed by atoms with van der Waals surface area (Å²) >= 11 is 0. The molecule has 0 saturated heterocycles. The predicted molar refractivity (Wildman–Crippen MR) is 102 cm³/mol. The summed E-state index contributed by atoms with van der Waals surface area (Å²) in [6.45, 7) is 9.28. The second-order valence-electron chi connectivity index (χ2n) is 7.61. The van der Waals surface area contributed by atoms with Crippen molar-refractivity contribution in [1.29, 1.82) is 5.26 Å². The van der Waals surface area contributed by atoms with E-state index in [1.807, 2.05) is 6.92 Å². The van der Waals surface area contributed by atoms with Gasteiger partial charge in [-0.25, -0.2) is 0 Å². The van der Waals surface area contributed by atoms with Crippen molar-refractivity contribution in [3.05, 3.63) is 23.8 Å². The van der Waals surface area contributed by atoms with Crippen molar-refractivity contribution < 1.29 is 14.3 Å². The van der Waals surface area contributed by atoms with E-state index in [4.69, 9.17) is 9.47 Å². The minimum atomic E-state index is -0.800. The molecular weight excluding hydrogens is 328 g/mol. The van der Waals surface area contributed by atoms with E-state index in [2.05, 4.69) is 32.2 Å². The molecule has 26 heavy (non-hydrogen) atoms. The van der Waals surface area contributed by atoms with Crippen LogP contribution in [0, 0.1) is 23.2 Å². The van der Waals surface area contributed by atoms with Crippen LogP contribution in [0.25, 0.3) is 0 Å². The van der Waals surface area contributed by atoms with Crippen LogP contribution in [0.2, 0.25) is 0 Å². The maximum atomic E-state index is 13.0. The first kappa shape index (κ1) is 20.3. The van der Waals surface area contributed by atoms with Crippen LogP contribution in [0.1, 0.15) is 58.9 Å². The largest absolute Gasteiger partial charge is 0.493 e. The lowest BCUT2D eigenvalue weighted by molar-refractivity contribution is -0.147. The van der Waals surface area contributed by atoms with Gasteiger partial charge in [0.15, 0.2) is 0 Å². The topological polar surface area (TPSA) is 71.3 Å². The van der Waals surface area contributed by atoms with Gasteiger partial charge in [-0.3, -0.25) is 4.79 Å². The van der Waals surface area contributed by atoms with Gasteiger partial charge in [0, 0.05) is 6.61 Å². The van der Waals surface area contributed by atoms with Crippen LogP contribution < -0.4 is 10.1 Å². The van der Waals surface area contributed by atoms with Crippen LogP contribution in [0.4, 0.5) is 5.69 Å². The van der Waals surface area contributed by atoms with Crippen LogP contribution in [0.3, 0.4) is 0 Å². The molecule has 1 aliphatic carbocycles. The predicted octanol–water partition coefficient (Wildman–Crippen LogP) is 4.52. The molecule has 1 amide bonds. The SMILES string of the molecule is CCO[C@@]1(C(=O)Nc2ccc(OCC(C)C)cc2C#N)CCC[C@@H](C)C1. The summed E-state index contributed by atoms with van der Waals surface area (Å²) in [4.78, 5) is 13.0. The molecule has 1 fully saturated rings. The molecule has 1 saturated carbocycles. The number of hydrogen-bond acceptors (Lipinski definition) is 4. The molecule has 0 heterocycles. The van der Waals surface area contributed by atoms with Crippen molar-refractivity contribution in [2.75, 3.05) is 18.5 Å². The Balaban J connectivity index is 2.17. The molecule has 0 aliphatic heterocycles. The van der Waals surface area contributed by atoms with E-state index in [9.17, 15) is 10.1 Å². The molecule has 0 aromatic heterocycles. The summed E-state index contributed by atoms with van der Waals surface area (Å²) in [5.74, 6) is 1.33. The van der Waals surface area contributed by atoms with Gasteiger partial charge in [0.05, 0.1) is 17.9 Å². The third kappa shape index (κ3) is 4.98. The number of amides is 1. The molecular formula is C21H30N2O3. The highest BCUT2D eigenvalue weighted by Crippen LogP contribution is 2.36. The van der Waals surface area contributed by atoms with E-state index in [1.54, 1.807) is 18.2 Å². The fourth-order valence-electron chi connectivity index (χ4n) is 3.50. The molecule has 1 aromatic carbocycles. The van der Waals surface area contributed by atoms with Gasteiger partial charge >= 0.3 is 0 Å². The Hall–Kier alpha value is -2.06. The molecule has 5 nitrogen and oxygen atoms in total. The van der Waals surface area contributed by atoms with Crippen molar-refractivity contribution in [2.24, 2.45) is 11.8 Å². The Kier molecular flexibility index (Phi) is 7.05. The number of carbonyl (C=O) groups excluding carboxylic acids is 1. The Labute approximate surface area is 156 Å². The highest BCUT2D eigenvalue weighted by Gasteiger charge is 2.42. The zero-order chi connectivity index (χ0) is 19.2. The molecule has 5 heteroatoms. The zero-order valence-corrected chi connectivity index (χ0v) is 16.3. The lowest BCUT2D eigenvalue weighted by Crippen LogP contribution is -2.48. The van der Waals surface area contributed by atoms with E-state index in [0.29, 0.717) is 54.9 Å². The van der Waals surface area contributed by atoms with Crippen molar-refractivity contribution >= 4 is 11.6 Å². The number of anilines is 1. The standard InChI is InChI=1S/C21H30N2O3/c1-5-26-21(10-6-7-16(4)12-21)20(24)23-19-9-8-18(11-17(19)13-22)25-14-15(2)3/h8-9,11,15-16H,5-7,10,12,14H2,1-4H3,(H,23,24)/t16-,21+/m1/s1. The molecule has 0 unspecified atom stereocenters. The van der Waals surface area contributed by atoms with Gasteiger partial charge in [0.1, 0.15) is 17.4 Å². The number of rotatable bonds is 7. The van der Waals surface area contributed by atoms with Gasteiger partial charge in [-0.15, -0.1) is 0 Å². The molecule has 1 aliphatic rings. The van der Waals surface area contributed by atoms with Gasteiger partial charge in [-0.2, -0.15) is 5.26 Å². The number of nitriles is 1. The van der Waals surface area contributed by atoms with E-state index in [1.165, 1.54) is 0 Å². The average Bonchev–Trinajstić information content (AvgIpc) is 2.61. The second kappa shape index (κ2) is 9.05. The highest BCUT2D eigenvalue weighted by molar-refractivity contribution is 5.98. The van der Waals surface area contributed by atoms with E-state index in [-0.39, 0.29) is 5.91 Å². The molecule has 0 radical (unpaired) electrons. The molecule has 2 rings (SSSR count). The first-order chi connectivity index (χ1) is 12.4. The summed E-state index contributed by atoms with van der Waals surface area (Å²) in [7, 11) is 0. The lowest BCUT2D eigenvalue weighted by Gasteiger charge is -2.38. The van der Waals surface area contributed by atoms with Crippen molar-refractivity contribution in [3.63, 3.8) is 0 Å². The number of nitrogens with one attached hydrogen (secondary N) is 1. The maximum absolute atomic E-state index is 13.0. The van der Waals surface area contributed by atoms with Crippen LogP contribution in [-0.4, -0.2) is 24.7 Å². The normalized spacial score (nSPS) is 22.7. The minimum Gasteiger partial charge on any atom is -0.493 e. The van der Waals surface area contributed by atoms with E-state index >= 15 is 0 Å². The van der Waals surface area contributed by atoms with Crippen LogP contribution in [-0.2, 0) is 9.53 Å². The smallest absolute Gasteiger partial charge is 0.256 e. The van der Waals surface area contributed by atoms with Crippen LogP contribution in [0.15, 0.2) is 18.2 Å². The van der Waals surface area contributed by atoms with Crippen LogP contribution in [0.5, 0.6) is 5.75 Å². The van der Waals surface area contributed by atoms with Crippen molar-refractivity contribution in [1.82, 2.24) is 0 Å². The van der Waals surface area contributed by atoms with E-state index < -0.39 is 5.60 Å². The average molecular weight is 358 g/mol. The minimum absolute atomic E-state index is 0.154. The fourth-order valence-corrected chi connectivity index (χ4v) is 3.50. The summed E-state index contributed by atoms with van der Waals surface area (Å²) in [6.07, 6.45) is 3.52. The van der Waals surface area contributed by atoms with E-state index in [0.717, 1.165) is 12.8 Å². The molecule has 1 aromatic rings. The number of carbonyl (C=O) groups is 1. The zero-order valence-electron chi connectivity index (χ0n) is 16.3. The summed E-state index contributed by atoms with van der Waals surface area (Å²) in [6, 6.07) is 7.35. The monoisotopic (exact) mass is 358 g/mol. The summed E-state index contributed by atoms with van der Waals surface area (Å²) < 4.78 is 11.6. The second-order valence-corrected chi connectivity index (χ2v) is 7.61. The number of benzene rings is 1. The number of ether oxygens (including phenoxy) is 2. The first-order valence-corrected chi connectivity index (χ1v) is 9.52. The van der Waals surface area contributed by atoms with Gasteiger partial charge < -0.3 is 14.8 Å². The Morgan fingerprint density at radius 2 is 2.23 bits per heavy atom. The Morgan fingerprint density at radius 3 is 2.85 bits per heavy atom. The third-order valence-corrected chi connectivity index (χ3v) is 4.73. The van der Waals surface area contributed by atoms with Crippen molar-refractivity contribution in [2.45, 2.75) is 59.0 Å². The third-order valence-electron chi connectivity index (χ3n) is 4.73. The summed E-state index contributed by atoms with van der Waals surface area (Å²) in [5, 5.41) is 12.4. The maximum Gasteiger partial charge on any atom is 0.256 e. The van der Waals surface area contributed by atoms with Gasteiger partial charge in [-0.05, 0) is 56.2 Å². The van der Waals surface area contributed by atoms with Gasteiger partial charge in [0.2, 0.25) is 0 Å². The summed E-state index contributed by atoms with van der Waals surface area (Å²) in [5.41, 5.74) is 0.105. The fraction of sp³-hybridized carbons (Fsp3) is 0.619.